The van der Waals surface area contributed by atoms with Gasteiger partial charge in [-0.05, 0) is 52.3 Å². The number of nitrogens with one attached hydrogen (secondary N) is 1. The Labute approximate surface area is 224 Å². The van der Waals surface area contributed by atoms with Crippen molar-refractivity contribution in [2.45, 2.75) is 65.3 Å². The number of alkyl halides is 2. The van der Waals surface area contributed by atoms with Gasteiger partial charge in [0.2, 0.25) is 0 Å². The number of aliphatic imine (C=N–C) groups is 1. The van der Waals surface area contributed by atoms with Crippen LogP contribution in [-0.4, -0.2) is 70.2 Å². The molecule has 0 bridgehead atoms. The lowest BCUT2D eigenvalue weighted by atomic mass is 10.00. The number of halogens is 4. The summed E-state index contributed by atoms with van der Waals surface area (Å²) in [5, 5.41) is 2.36. The van der Waals surface area contributed by atoms with E-state index < -0.39 is 41.3 Å². The van der Waals surface area contributed by atoms with Crippen LogP contribution in [0.15, 0.2) is 39.9 Å². The van der Waals surface area contributed by atoms with Crippen LogP contribution in [0.3, 0.4) is 0 Å². The van der Waals surface area contributed by atoms with Crippen LogP contribution in [0.4, 0.5) is 28.4 Å². The number of ether oxygens (including phenoxy) is 1. The van der Waals surface area contributed by atoms with E-state index in [0.29, 0.717) is 12.5 Å². The highest BCUT2D eigenvalue weighted by Gasteiger charge is 2.45. The van der Waals surface area contributed by atoms with E-state index in [4.69, 9.17) is 16.3 Å². The highest BCUT2D eigenvalue weighted by Crippen LogP contribution is 2.40. The Kier molecular flexibility index (Phi) is 7.15. The second-order valence-electron chi connectivity index (χ2n) is 10.6. The Morgan fingerprint density at radius 2 is 1.92 bits per heavy atom. The Morgan fingerprint density at radius 1 is 1.24 bits per heavy atom. The molecular weight excluding hydrogens is 525 g/mol. The molecule has 0 aliphatic carbocycles. The highest BCUT2D eigenvalue weighted by molar-refractivity contribution is 6.30. The van der Waals surface area contributed by atoms with Gasteiger partial charge in [-0.25, -0.2) is 14.0 Å². The molecule has 0 aromatic carbocycles. The van der Waals surface area contributed by atoms with Gasteiger partial charge in [0.25, 0.3) is 5.92 Å². The molecule has 0 saturated carbocycles. The van der Waals surface area contributed by atoms with Gasteiger partial charge in [0, 0.05) is 44.4 Å². The van der Waals surface area contributed by atoms with E-state index in [9.17, 15) is 22.8 Å². The van der Waals surface area contributed by atoms with Gasteiger partial charge in [0.1, 0.15) is 28.5 Å². The van der Waals surface area contributed by atoms with Crippen LogP contribution in [0.5, 0.6) is 0 Å². The number of urea groups is 1. The Bertz CT molecular complexity index is 1250. The maximum atomic E-state index is 14.7. The van der Waals surface area contributed by atoms with Gasteiger partial charge >= 0.3 is 12.1 Å². The van der Waals surface area contributed by atoms with E-state index in [1.54, 1.807) is 37.5 Å². The molecule has 1 aromatic rings. The van der Waals surface area contributed by atoms with E-state index in [1.807, 2.05) is 6.92 Å². The molecule has 13 heteroatoms. The van der Waals surface area contributed by atoms with Crippen molar-refractivity contribution in [3.8, 4) is 0 Å². The SMILES string of the molecule is Cc1ccnc(C(C)(F)F)c1N1C(=O)N=C(N2CCN(C(=O)OC(C)(C)C)C[C@@H]2C)C2=CC(F)=C(Cl)NC21. The van der Waals surface area contributed by atoms with Crippen molar-refractivity contribution in [2.75, 3.05) is 24.5 Å². The molecule has 1 N–H and O–H groups in total. The van der Waals surface area contributed by atoms with Crippen molar-refractivity contribution in [2.24, 2.45) is 4.99 Å². The van der Waals surface area contributed by atoms with Crippen LogP contribution >= 0.6 is 11.6 Å². The summed E-state index contributed by atoms with van der Waals surface area (Å²) >= 11 is 6.06. The number of hydrogen-bond donors (Lipinski definition) is 1. The van der Waals surface area contributed by atoms with Crippen LogP contribution in [0, 0.1) is 6.92 Å². The summed E-state index contributed by atoms with van der Waals surface area (Å²) in [5.41, 5.74) is -0.816. The van der Waals surface area contributed by atoms with E-state index in [-0.39, 0.29) is 47.9 Å². The zero-order valence-corrected chi connectivity index (χ0v) is 22.7. The molecule has 2 atom stereocenters. The Balaban J connectivity index is 1.73. The Hall–Kier alpha value is -3.28. The van der Waals surface area contributed by atoms with Gasteiger partial charge in [-0.2, -0.15) is 13.8 Å². The molecule has 3 aliphatic rings. The third-order valence-corrected chi connectivity index (χ3v) is 6.60. The predicted molar refractivity (Wildman–Crippen MR) is 137 cm³/mol. The van der Waals surface area contributed by atoms with E-state index in [1.165, 1.54) is 12.3 Å². The van der Waals surface area contributed by atoms with Crippen molar-refractivity contribution in [3.05, 3.63) is 46.2 Å². The molecule has 1 aromatic heterocycles. The maximum absolute atomic E-state index is 14.7. The number of amides is 3. The molecule has 206 valence electrons. The first-order valence-electron chi connectivity index (χ1n) is 12.1. The number of rotatable bonds is 2. The third-order valence-electron chi connectivity index (χ3n) is 6.31. The number of dihydropyridines is 1. The number of piperazine rings is 1. The van der Waals surface area contributed by atoms with Gasteiger partial charge in [-0.15, -0.1) is 0 Å². The van der Waals surface area contributed by atoms with Crippen molar-refractivity contribution in [1.82, 2.24) is 20.1 Å². The fourth-order valence-corrected chi connectivity index (χ4v) is 4.81. The number of aromatic nitrogens is 1. The zero-order chi connectivity index (χ0) is 28.2. The fourth-order valence-electron chi connectivity index (χ4n) is 4.65. The van der Waals surface area contributed by atoms with E-state index >= 15 is 0 Å². The second kappa shape index (κ2) is 9.79. The Morgan fingerprint density at radius 3 is 2.53 bits per heavy atom. The van der Waals surface area contributed by atoms with Crippen LogP contribution in [-0.2, 0) is 10.7 Å². The minimum atomic E-state index is -3.37. The second-order valence-corrected chi connectivity index (χ2v) is 11.0. The molecular formula is C25H30ClF3N6O3. The molecule has 0 radical (unpaired) electrons. The predicted octanol–water partition coefficient (Wildman–Crippen LogP) is 5.01. The smallest absolute Gasteiger partial charge is 0.410 e. The number of hydrogen-bond acceptors (Lipinski definition) is 6. The van der Waals surface area contributed by atoms with Crippen LogP contribution in [0.25, 0.3) is 0 Å². The largest absolute Gasteiger partial charge is 0.444 e. The minimum Gasteiger partial charge on any atom is -0.444 e. The number of allylic oxidation sites excluding steroid dienone is 2. The van der Waals surface area contributed by atoms with Crippen molar-refractivity contribution < 1.29 is 27.5 Å². The van der Waals surface area contributed by atoms with Crippen LogP contribution in [0.1, 0.15) is 45.9 Å². The van der Waals surface area contributed by atoms with Crippen molar-refractivity contribution >= 4 is 35.2 Å². The number of carbonyl (C=O) groups excluding carboxylic acids is 2. The summed E-state index contributed by atoms with van der Waals surface area (Å²) in [7, 11) is 0. The molecule has 4 rings (SSSR count). The first-order valence-corrected chi connectivity index (χ1v) is 12.5. The molecule has 3 amide bonds. The molecule has 1 fully saturated rings. The third kappa shape index (κ3) is 5.31. The minimum absolute atomic E-state index is 0.134. The fraction of sp³-hybridized carbons (Fsp3) is 0.520. The summed E-state index contributed by atoms with van der Waals surface area (Å²) in [4.78, 5) is 38.5. The topological polar surface area (TPSA) is 90.4 Å². The van der Waals surface area contributed by atoms with Gasteiger partial charge in [0.05, 0.1) is 5.69 Å². The zero-order valence-electron chi connectivity index (χ0n) is 22.0. The average Bonchev–Trinajstić information content (AvgIpc) is 2.78. The number of fused-ring (bicyclic) bond motifs is 1. The quantitative estimate of drug-likeness (QED) is 0.517. The van der Waals surface area contributed by atoms with Crippen LogP contribution in [0.2, 0.25) is 0 Å². The molecule has 38 heavy (non-hydrogen) atoms. The molecule has 1 unspecified atom stereocenters. The summed E-state index contributed by atoms with van der Waals surface area (Å²) in [5.74, 6) is -3.99. The van der Waals surface area contributed by atoms with Crippen LogP contribution < -0.4 is 10.2 Å². The molecule has 4 heterocycles. The van der Waals surface area contributed by atoms with Gasteiger partial charge < -0.3 is 19.9 Å². The van der Waals surface area contributed by atoms with E-state index in [0.717, 1.165) is 11.0 Å². The first kappa shape index (κ1) is 27.7. The van der Waals surface area contributed by atoms with E-state index in [2.05, 4.69) is 15.3 Å². The number of nitrogens with zero attached hydrogens (tertiary/aromatic N) is 5. The van der Waals surface area contributed by atoms with Crippen molar-refractivity contribution in [1.29, 1.82) is 0 Å². The maximum Gasteiger partial charge on any atom is 0.410 e. The summed E-state index contributed by atoms with van der Waals surface area (Å²) in [6.07, 6.45) is 0.790. The molecule has 9 nitrogen and oxygen atoms in total. The average molecular weight is 555 g/mol. The normalized spacial score (nSPS) is 22.6. The van der Waals surface area contributed by atoms with Gasteiger partial charge in [-0.1, -0.05) is 11.6 Å². The standard InChI is InChI=1S/C25H30ClF3N6O3/c1-13-7-8-30-18(25(6,28)29)17(13)35-21-15(11-16(27)19(26)31-21)20(32-22(35)36)34-10-9-33(12-14(34)2)23(37)38-24(3,4)5/h7-8,11,14,21,31H,9-10,12H2,1-6H3/t14-,21?/m0/s1. The van der Waals surface area contributed by atoms with Gasteiger partial charge in [-0.3, -0.25) is 9.88 Å². The lowest BCUT2D eigenvalue weighted by Gasteiger charge is -2.46. The number of carbonyl (C=O) groups is 2. The number of amidine groups is 1. The number of pyridine rings is 1. The molecule has 1 saturated heterocycles. The number of anilines is 1. The summed E-state index contributed by atoms with van der Waals surface area (Å²) in [6, 6.07) is 0.333. The molecule has 3 aliphatic heterocycles. The number of aryl methyl sites for hydroxylation is 1. The monoisotopic (exact) mass is 554 g/mol. The molecule has 0 spiro atoms. The van der Waals surface area contributed by atoms with Crippen molar-refractivity contribution in [3.63, 3.8) is 0 Å². The lowest BCUT2D eigenvalue weighted by Crippen LogP contribution is -2.61. The summed E-state index contributed by atoms with van der Waals surface area (Å²) < 4.78 is 49.3. The summed E-state index contributed by atoms with van der Waals surface area (Å²) in [6.45, 7) is 10.2. The lowest BCUT2D eigenvalue weighted by molar-refractivity contribution is 0.0123. The van der Waals surface area contributed by atoms with Gasteiger partial charge in [0.15, 0.2) is 5.83 Å². The first-order chi connectivity index (χ1) is 17.6. The highest BCUT2D eigenvalue weighted by atomic mass is 35.5.